The van der Waals surface area contributed by atoms with Gasteiger partial charge in [0.2, 0.25) is 0 Å². The largest absolute Gasteiger partial charge is 1.00 e. The molecule has 0 saturated carbocycles. The highest BCUT2D eigenvalue weighted by Crippen LogP contribution is 2.40. The number of aryl methyl sites for hydroxylation is 3. The zero-order chi connectivity index (χ0) is 22.0. The quantitative estimate of drug-likeness (QED) is 0.345. The minimum absolute atomic E-state index is 0. The number of hydrogen-bond donors (Lipinski definition) is 1. The number of nitrogens with one attached hydrogen (secondary N) is 1. The van der Waals surface area contributed by atoms with E-state index in [9.17, 15) is 0 Å². The Morgan fingerprint density at radius 1 is 0.879 bits per heavy atom. The van der Waals surface area contributed by atoms with Gasteiger partial charge in [-0.1, -0.05) is 30.3 Å². The first kappa shape index (κ1) is 21.9. The van der Waals surface area contributed by atoms with Crippen LogP contribution < -0.4 is 33.8 Å². The minimum Gasteiger partial charge on any atom is -1.00 e. The van der Waals surface area contributed by atoms with Crippen LogP contribution in [0.3, 0.4) is 0 Å². The van der Waals surface area contributed by atoms with Crippen LogP contribution in [0, 0.1) is 20.8 Å². The first-order valence-electron chi connectivity index (χ1n) is 11.1. The molecule has 166 valence electrons. The van der Waals surface area contributed by atoms with E-state index in [1.54, 1.807) is 0 Å². The maximum atomic E-state index is 6.45. The molecular weight excluding hydrogens is 521 g/mol. The molecule has 2 unspecified atom stereocenters. The molecule has 3 aromatic carbocycles. The Morgan fingerprint density at radius 2 is 1.64 bits per heavy atom. The monoisotopic (exact) mass is 547 g/mol. The second-order valence-electron chi connectivity index (χ2n) is 8.91. The van der Waals surface area contributed by atoms with E-state index < -0.39 is 0 Å². The summed E-state index contributed by atoms with van der Waals surface area (Å²) in [4.78, 5) is 8.51. The summed E-state index contributed by atoms with van der Waals surface area (Å²) in [7, 11) is 0. The van der Waals surface area contributed by atoms with Crippen molar-refractivity contribution in [3.8, 4) is 0 Å². The number of para-hydroxylation sites is 1. The molecule has 5 heteroatoms. The number of quaternary nitrogens is 1. The topological polar surface area (TPSA) is 33.7 Å². The smallest absolute Gasteiger partial charge is 0.257 e. The normalized spacial score (nSPS) is 17.4. The molecule has 0 fully saturated rings. The van der Waals surface area contributed by atoms with Crippen LogP contribution in [0.15, 0.2) is 77.3 Å². The molecule has 1 N–H and O–H groups in total. The second-order valence-corrected chi connectivity index (χ2v) is 8.91. The van der Waals surface area contributed by atoms with Crippen LogP contribution in [0.4, 0.5) is 22.9 Å². The van der Waals surface area contributed by atoms with Gasteiger partial charge in [0.15, 0.2) is 17.4 Å². The van der Waals surface area contributed by atoms with E-state index in [-0.39, 0.29) is 30.1 Å². The number of pyridine rings is 1. The van der Waals surface area contributed by atoms with Crippen molar-refractivity contribution >= 4 is 44.8 Å². The zero-order valence-corrected chi connectivity index (χ0v) is 21.3. The molecule has 1 aliphatic heterocycles. The van der Waals surface area contributed by atoms with Gasteiger partial charge in [-0.25, -0.2) is 9.88 Å². The van der Waals surface area contributed by atoms with Gasteiger partial charge in [-0.15, -0.1) is 0 Å². The van der Waals surface area contributed by atoms with Crippen molar-refractivity contribution in [3.05, 3.63) is 89.6 Å². The molecule has 0 aliphatic carbocycles. The minimum atomic E-state index is 0. The average Bonchev–Trinajstić information content (AvgIpc) is 3.28. The summed E-state index contributed by atoms with van der Waals surface area (Å²) in [6.45, 7) is 8.76. The summed E-state index contributed by atoms with van der Waals surface area (Å²) in [5, 5.41) is 2.31. The number of nitrogens with zero attached hydrogens (tertiary/aromatic N) is 2. The van der Waals surface area contributed by atoms with E-state index in [1.165, 1.54) is 27.3 Å². The average molecular weight is 547 g/mol. The van der Waals surface area contributed by atoms with Gasteiger partial charge in [-0.05, 0) is 68.3 Å². The Bertz CT molecular complexity index is 1490. The van der Waals surface area contributed by atoms with Gasteiger partial charge in [0.25, 0.3) is 5.82 Å². The van der Waals surface area contributed by atoms with E-state index in [2.05, 4.69) is 81.1 Å². The molecule has 33 heavy (non-hydrogen) atoms. The third kappa shape index (κ3) is 3.33. The van der Waals surface area contributed by atoms with Crippen LogP contribution >= 0.6 is 0 Å². The predicted octanol–water partition coefficient (Wildman–Crippen LogP) is 3.26. The molecule has 3 heterocycles. The third-order valence-electron chi connectivity index (χ3n) is 6.62. The first-order chi connectivity index (χ1) is 15.5. The summed E-state index contributed by atoms with van der Waals surface area (Å²) in [6, 6.07) is 23.6. The molecule has 0 bridgehead atoms. The molecule has 0 saturated heterocycles. The third-order valence-corrected chi connectivity index (χ3v) is 6.62. The number of hydrogen-bond acceptors (Lipinski definition) is 3. The lowest BCUT2D eigenvalue weighted by molar-refractivity contribution is -0.782. The van der Waals surface area contributed by atoms with Crippen molar-refractivity contribution in [2.24, 2.45) is 0 Å². The second kappa shape index (κ2) is 8.15. The lowest BCUT2D eigenvalue weighted by Gasteiger charge is -2.26. The van der Waals surface area contributed by atoms with Gasteiger partial charge in [0.05, 0.1) is 0 Å². The standard InChI is InChI=1S/C28H25N3O.HI/c1-17-14-18(2)16-21(15-17)30-20(4)31(28-24(30)9-7-13-29-28)26-19(3)11-12-23-22-8-5-6-10-25(22)32-27(23)26;/h5-16,20H,1-4H3;1H. The Labute approximate surface area is 210 Å². The number of anilines is 2. The summed E-state index contributed by atoms with van der Waals surface area (Å²) in [5.41, 5.74) is 9.12. The van der Waals surface area contributed by atoms with Crippen molar-refractivity contribution < 1.29 is 33.3 Å². The van der Waals surface area contributed by atoms with Gasteiger partial charge in [0, 0.05) is 35.1 Å². The molecule has 4 nitrogen and oxygen atoms in total. The number of fused-ring (bicyclic) bond motifs is 4. The van der Waals surface area contributed by atoms with Crippen LogP contribution in [0.2, 0.25) is 0 Å². The van der Waals surface area contributed by atoms with E-state index in [0.29, 0.717) is 0 Å². The number of benzene rings is 3. The van der Waals surface area contributed by atoms with Crippen LogP contribution in [0.25, 0.3) is 21.9 Å². The lowest BCUT2D eigenvalue weighted by atomic mass is 10.1. The molecule has 0 spiro atoms. The van der Waals surface area contributed by atoms with Crippen LogP contribution in [-0.2, 0) is 0 Å². The molecule has 0 amide bonds. The summed E-state index contributed by atoms with van der Waals surface area (Å²) >= 11 is 0. The fraction of sp³-hybridized carbons (Fsp3) is 0.179. The molecule has 2 atom stereocenters. The number of aromatic nitrogens is 1. The van der Waals surface area contributed by atoms with Gasteiger partial charge in [-0.3, -0.25) is 4.90 Å². The van der Waals surface area contributed by atoms with Crippen LogP contribution in [0.5, 0.6) is 0 Å². The van der Waals surface area contributed by atoms with Crippen molar-refractivity contribution in [1.29, 1.82) is 0 Å². The maximum absolute atomic E-state index is 6.45. The fourth-order valence-electron chi connectivity index (χ4n) is 5.34. The molecule has 6 rings (SSSR count). The number of halogens is 1. The Balaban J connectivity index is 0.00000228. The summed E-state index contributed by atoms with van der Waals surface area (Å²) < 4.78 is 6.45. The Kier molecular flexibility index (Phi) is 5.41. The van der Waals surface area contributed by atoms with Crippen molar-refractivity contribution in [1.82, 2.24) is 4.98 Å². The van der Waals surface area contributed by atoms with E-state index in [1.807, 2.05) is 24.4 Å². The molecule has 0 radical (unpaired) electrons. The lowest BCUT2D eigenvalue weighted by Crippen LogP contribution is -3.06. The van der Waals surface area contributed by atoms with Crippen molar-refractivity contribution in [2.45, 2.75) is 33.9 Å². The van der Waals surface area contributed by atoms with Crippen LogP contribution in [0.1, 0.15) is 23.6 Å². The molecular formula is C28H26IN3O. The van der Waals surface area contributed by atoms with Crippen molar-refractivity contribution in [2.75, 3.05) is 4.90 Å². The van der Waals surface area contributed by atoms with Gasteiger partial charge in [-0.2, -0.15) is 0 Å². The summed E-state index contributed by atoms with van der Waals surface area (Å²) in [5.74, 6) is 1.04. The van der Waals surface area contributed by atoms with Gasteiger partial charge in [0.1, 0.15) is 11.3 Å². The predicted molar refractivity (Wildman–Crippen MR) is 130 cm³/mol. The van der Waals surface area contributed by atoms with Gasteiger partial charge >= 0.3 is 0 Å². The highest BCUT2D eigenvalue weighted by Gasteiger charge is 2.43. The van der Waals surface area contributed by atoms with E-state index in [0.717, 1.165) is 39.1 Å². The Hall–Kier alpha value is -2.90. The van der Waals surface area contributed by atoms with Gasteiger partial charge < -0.3 is 28.4 Å². The highest BCUT2D eigenvalue weighted by molar-refractivity contribution is 6.08. The maximum Gasteiger partial charge on any atom is 0.257 e. The Morgan fingerprint density at radius 3 is 2.42 bits per heavy atom. The fourth-order valence-corrected chi connectivity index (χ4v) is 5.34. The van der Waals surface area contributed by atoms with E-state index in [4.69, 9.17) is 9.40 Å². The number of rotatable bonds is 2. The van der Waals surface area contributed by atoms with Crippen molar-refractivity contribution in [3.63, 3.8) is 0 Å². The van der Waals surface area contributed by atoms with E-state index >= 15 is 0 Å². The summed E-state index contributed by atoms with van der Waals surface area (Å²) in [6.07, 6.45) is 2.02. The highest BCUT2D eigenvalue weighted by atomic mass is 127. The first-order valence-corrected chi connectivity index (χ1v) is 11.1. The SMILES string of the molecule is Cc1cc(C)cc(N2c3cccnc3[NH+](c3c(C)ccc4c3oc3ccccc34)C2C)c1.[I-]. The number of furan rings is 1. The molecule has 5 aromatic rings. The van der Waals surface area contributed by atoms with Crippen LogP contribution in [-0.4, -0.2) is 11.1 Å². The molecule has 1 aliphatic rings. The zero-order valence-electron chi connectivity index (χ0n) is 19.2. The molecule has 2 aromatic heterocycles.